The van der Waals surface area contributed by atoms with Crippen LogP contribution < -0.4 is 20.4 Å². The number of hydrogen-bond donors (Lipinski definition) is 11. The van der Waals surface area contributed by atoms with Crippen molar-refractivity contribution in [3.63, 3.8) is 0 Å². The summed E-state index contributed by atoms with van der Waals surface area (Å²) < 4.78 is 1.40. The number of allylic oxidation sites excluding steroid dienone is 2. The van der Waals surface area contributed by atoms with Crippen molar-refractivity contribution >= 4 is 114 Å². The zero-order chi connectivity index (χ0) is 47.3. The van der Waals surface area contributed by atoms with Crippen LogP contribution in [-0.2, 0) is 9.59 Å². The van der Waals surface area contributed by atoms with Crippen molar-refractivity contribution in [2.75, 3.05) is 62.4 Å². The molecule has 0 heterocycles. The van der Waals surface area contributed by atoms with Gasteiger partial charge in [0.15, 0.2) is 0 Å². The van der Waals surface area contributed by atoms with Gasteiger partial charge < -0.3 is 66.4 Å². The highest BCUT2D eigenvalue weighted by Crippen LogP contribution is 2.42. The molecule has 0 saturated carbocycles. The van der Waals surface area contributed by atoms with E-state index in [1.807, 2.05) is 67.8 Å². The van der Waals surface area contributed by atoms with Crippen molar-refractivity contribution in [1.29, 1.82) is 0 Å². The van der Waals surface area contributed by atoms with Crippen molar-refractivity contribution in [1.82, 2.24) is 10.6 Å². The summed E-state index contributed by atoms with van der Waals surface area (Å²) in [7, 11) is 0. The minimum atomic E-state index is -1.46. The molecule has 20 heteroatoms. The van der Waals surface area contributed by atoms with Crippen LogP contribution in [0.15, 0.2) is 13.2 Å². The summed E-state index contributed by atoms with van der Waals surface area (Å²) in [5.41, 5.74) is 3.79. The van der Waals surface area contributed by atoms with E-state index in [-0.39, 0.29) is 61.3 Å². The van der Waals surface area contributed by atoms with Gasteiger partial charge in [-0.25, -0.2) is 0 Å². The normalized spacial score (nSPS) is 13.8. The maximum atomic E-state index is 13.8. The summed E-state index contributed by atoms with van der Waals surface area (Å²) in [6, 6.07) is 0. The first-order valence-electron chi connectivity index (χ1n) is 19.7. The number of nitrogens with one attached hydrogen (secondary N) is 2. The number of carbonyl (C=O) groups excluding carboxylic acids is 4. The van der Waals surface area contributed by atoms with Crippen LogP contribution >= 0.6 is 67.8 Å². The van der Waals surface area contributed by atoms with E-state index in [1.165, 1.54) is 23.6 Å². The molecule has 4 amide bonds. The molecule has 0 fully saturated rings. The first kappa shape index (κ1) is 55.8. The number of anilines is 2. The zero-order valence-corrected chi connectivity index (χ0v) is 41.9. The zero-order valence-electron chi connectivity index (χ0n) is 35.5. The van der Waals surface area contributed by atoms with Gasteiger partial charge in [0, 0.05) is 48.8 Å². The molecular weight excluding hydrogens is 1150 g/mol. The van der Waals surface area contributed by atoms with Crippen LogP contribution in [0.1, 0.15) is 88.1 Å². The first-order valence-corrected chi connectivity index (χ1v) is 22.9. The molecule has 2 aromatic carbocycles. The maximum Gasteiger partial charge on any atom is 0.252 e. The van der Waals surface area contributed by atoms with Gasteiger partial charge in [0.2, 0.25) is 11.8 Å². The fraction of sp³-hybridized carbons (Fsp3) is 0.524. The molecule has 62 heavy (non-hydrogen) atoms. The second-order valence-corrected chi connectivity index (χ2v) is 18.2. The second kappa shape index (κ2) is 25.9. The summed E-state index contributed by atoms with van der Waals surface area (Å²) in [5, 5.41) is 94.8. The smallest absolute Gasteiger partial charge is 0.252 e. The molecule has 17 nitrogen and oxygen atoms in total. The summed E-state index contributed by atoms with van der Waals surface area (Å²) in [4.78, 5) is 57.4. The molecule has 2 aromatic rings. The summed E-state index contributed by atoms with van der Waals surface area (Å²) in [5.74, 6) is -2.33. The molecule has 11 N–H and O–H groups in total. The van der Waals surface area contributed by atoms with Gasteiger partial charge in [0.05, 0.1) is 87.0 Å². The van der Waals surface area contributed by atoms with Crippen molar-refractivity contribution in [2.45, 2.75) is 90.8 Å². The third-order valence-corrected chi connectivity index (χ3v) is 13.3. The number of halogens is 3. The number of carbonyl (C=O) groups is 4. The standard InChI is InChI=1S/C42H59I3N4O13/c1-20(8-10-27(56)16-50)32-22(3)34(41(61)46-12-29(58)18-52)23(4)39(37(32)44)48(25(6)54)14-31(60)15-49(26(7)55)40-24(5)35(42(62)47-13-30(59)19-53)36(43)33(38(40)45)21(2)9-11-28(57)17-51/h27-31,50-53,56-60H,1-2,8-19H2,3-7H3,(H,46,61)(H,47,62). The number of aliphatic hydroxyl groups is 9. The number of aliphatic hydroxyl groups excluding tert-OH is 9. The van der Waals surface area contributed by atoms with Crippen LogP contribution in [0.3, 0.4) is 0 Å². The average molecular weight is 1210 g/mol. The number of amides is 4. The highest BCUT2D eigenvalue weighted by molar-refractivity contribution is 14.1. The molecule has 0 aromatic heterocycles. The molecule has 5 atom stereocenters. The van der Waals surface area contributed by atoms with Crippen LogP contribution in [-0.4, -0.2) is 153 Å². The molecule has 2 rings (SSSR count). The van der Waals surface area contributed by atoms with Gasteiger partial charge in [-0.1, -0.05) is 13.2 Å². The van der Waals surface area contributed by atoms with E-state index in [4.69, 9.17) is 0 Å². The lowest BCUT2D eigenvalue weighted by Crippen LogP contribution is -2.45. The van der Waals surface area contributed by atoms with E-state index >= 15 is 0 Å². The molecule has 0 bridgehead atoms. The Hall–Kier alpha value is -2.37. The third-order valence-electron chi connectivity index (χ3n) is 10.2. The Morgan fingerprint density at radius 2 is 0.887 bits per heavy atom. The summed E-state index contributed by atoms with van der Waals surface area (Å²) >= 11 is 6.03. The van der Waals surface area contributed by atoms with Gasteiger partial charge in [0.1, 0.15) is 0 Å². The van der Waals surface area contributed by atoms with Crippen molar-refractivity contribution in [3.8, 4) is 0 Å². The fourth-order valence-electron chi connectivity index (χ4n) is 6.82. The van der Waals surface area contributed by atoms with Crippen LogP contribution in [0.25, 0.3) is 11.1 Å². The number of nitrogens with zero attached hydrogens (tertiary/aromatic N) is 2. The minimum absolute atomic E-state index is 0.123. The molecule has 346 valence electrons. The molecule has 0 radical (unpaired) electrons. The van der Waals surface area contributed by atoms with E-state index in [9.17, 15) is 65.1 Å². The molecule has 0 aliphatic rings. The van der Waals surface area contributed by atoms with E-state index in [2.05, 4.69) is 23.8 Å². The van der Waals surface area contributed by atoms with E-state index < -0.39 is 93.7 Å². The Labute approximate surface area is 402 Å². The summed E-state index contributed by atoms with van der Waals surface area (Å²) in [6.45, 7) is 12.3. The minimum Gasteiger partial charge on any atom is -0.394 e. The van der Waals surface area contributed by atoms with Crippen LogP contribution in [0.4, 0.5) is 11.4 Å². The van der Waals surface area contributed by atoms with Gasteiger partial charge in [-0.2, -0.15) is 0 Å². The number of rotatable bonds is 24. The predicted octanol–water partition coefficient (Wildman–Crippen LogP) is 1.65. The highest BCUT2D eigenvalue weighted by atomic mass is 127. The average Bonchev–Trinajstić information content (AvgIpc) is 3.21. The lowest BCUT2D eigenvalue weighted by Gasteiger charge is -2.33. The van der Waals surface area contributed by atoms with Crippen LogP contribution in [0.5, 0.6) is 0 Å². The van der Waals surface area contributed by atoms with E-state index in [1.54, 1.807) is 20.8 Å². The lowest BCUT2D eigenvalue weighted by atomic mass is 9.89. The molecule has 0 aliphatic carbocycles. The molecule has 0 saturated heterocycles. The van der Waals surface area contributed by atoms with Gasteiger partial charge in [-0.15, -0.1) is 0 Å². The third kappa shape index (κ3) is 14.3. The van der Waals surface area contributed by atoms with Crippen molar-refractivity contribution in [3.05, 3.63) is 62.8 Å². The monoisotopic (exact) mass is 1210 g/mol. The van der Waals surface area contributed by atoms with Gasteiger partial charge in [-0.3, -0.25) is 19.2 Å². The Balaban J connectivity index is 2.84. The molecule has 5 unspecified atom stereocenters. The lowest BCUT2D eigenvalue weighted by molar-refractivity contribution is -0.117. The Morgan fingerprint density at radius 1 is 0.532 bits per heavy atom. The predicted molar refractivity (Wildman–Crippen MR) is 261 cm³/mol. The number of hydrogen-bond acceptors (Lipinski definition) is 13. The Morgan fingerprint density at radius 3 is 1.27 bits per heavy atom. The summed E-state index contributed by atoms with van der Waals surface area (Å²) in [6.07, 6.45) is -5.36. The SMILES string of the molecule is C=C(CCC(O)CO)c1c(C)c(C(=O)NCC(O)CO)c(C)c(N(CC(O)CN(C(C)=O)c2c(C)c(C(=O)NCC(O)CO)c(I)c(C(=C)CCC(O)CO)c2I)C(C)=O)c1I. The Bertz CT molecular complexity index is 1740. The largest absolute Gasteiger partial charge is 0.394 e. The molecule has 0 aliphatic heterocycles. The topological polar surface area (TPSA) is 281 Å². The quantitative estimate of drug-likeness (QED) is 0.0669. The van der Waals surface area contributed by atoms with Crippen LogP contribution in [0, 0.1) is 31.5 Å². The van der Waals surface area contributed by atoms with Crippen molar-refractivity contribution < 1.29 is 65.1 Å². The van der Waals surface area contributed by atoms with Crippen LogP contribution in [0.2, 0.25) is 0 Å². The first-order chi connectivity index (χ1) is 29.0. The fourth-order valence-corrected chi connectivity index (χ4v) is 11.5. The highest BCUT2D eigenvalue weighted by Gasteiger charge is 2.33. The van der Waals surface area contributed by atoms with Gasteiger partial charge in [0.25, 0.3) is 11.8 Å². The van der Waals surface area contributed by atoms with Crippen molar-refractivity contribution in [2.24, 2.45) is 0 Å². The van der Waals surface area contributed by atoms with E-state index in [0.717, 1.165) is 0 Å². The molecule has 0 spiro atoms. The van der Waals surface area contributed by atoms with Gasteiger partial charge in [-0.05, 0) is 148 Å². The molecular formula is C42H59I3N4O13. The second-order valence-electron chi connectivity index (χ2n) is 15.0. The number of benzene rings is 2. The Kier molecular flexibility index (Phi) is 23.3. The van der Waals surface area contributed by atoms with E-state index in [0.29, 0.717) is 49.7 Å². The van der Waals surface area contributed by atoms with Gasteiger partial charge >= 0.3 is 0 Å². The maximum absolute atomic E-state index is 13.8.